The van der Waals surface area contributed by atoms with Crippen LogP contribution in [0, 0.1) is 5.92 Å². The highest BCUT2D eigenvalue weighted by Crippen LogP contribution is 2.21. The Bertz CT molecular complexity index is 808. The fourth-order valence-electron chi connectivity index (χ4n) is 2.26. The zero-order chi connectivity index (χ0) is 19.3. The maximum absolute atomic E-state index is 12.5. The van der Waals surface area contributed by atoms with Crippen LogP contribution in [0.1, 0.15) is 29.8 Å². The van der Waals surface area contributed by atoms with Gasteiger partial charge in [-0.15, -0.1) is 0 Å². The van der Waals surface area contributed by atoms with Gasteiger partial charge in [-0.25, -0.2) is 4.79 Å². The van der Waals surface area contributed by atoms with Crippen LogP contribution in [0.3, 0.4) is 0 Å². The van der Waals surface area contributed by atoms with Crippen LogP contribution < -0.4 is 5.32 Å². The summed E-state index contributed by atoms with van der Waals surface area (Å²) >= 11 is 17.8. The largest absolute Gasteiger partial charge is 0.459 e. The molecule has 0 unspecified atom stereocenters. The molecule has 2 rings (SSSR count). The maximum atomic E-state index is 12.5. The van der Waals surface area contributed by atoms with Crippen molar-refractivity contribution >= 4 is 46.7 Å². The van der Waals surface area contributed by atoms with E-state index >= 15 is 0 Å². The average molecular weight is 415 g/mol. The number of nitrogens with one attached hydrogen (secondary N) is 1. The van der Waals surface area contributed by atoms with Crippen LogP contribution in [0.15, 0.2) is 42.5 Å². The lowest BCUT2D eigenvalue weighted by atomic mass is 10.0. The number of benzene rings is 2. The van der Waals surface area contributed by atoms with Crippen molar-refractivity contribution in [3.63, 3.8) is 0 Å². The van der Waals surface area contributed by atoms with Crippen molar-refractivity contribution < 1.29 is 14.3 Å². The molecule has 0 saturated carbocycles. The van der Waals surface area contributed by atoms with E-state index in [2.05, 4.69) is 5.32 Å². The normalized spacial score (nSPS) is 11.9. The fraction of sp³-hybridized carbons (Fsp3) is 0.263. The molecular weight excluding hydrogens is 397 g/mol. The van der Waals surface area contributed by atoms with Gasteiger partial charge in [0.1, 0.15) is 12.6 Å². The smallest absolute Gasteiger partial charge is 0.329 e. The van der Waals surface area contributed by atoms with Gasteiger partial charge in [0.05, 0.1) is 10.6 Å². The monoisotopic (exact) mass is 413 g/mol. The summed E-state index contributed by atoms with van der Waals surface area (Å²) in [5, 5.41) is 3.87. The molecule has 0 saturated heterocycles. The summed E-state index contributed by atoms with van der Waals surface area (Å²) in [5.41, 5.74) is 1.00. The van der Waals surface area contributed by atoms with Gasteiger partial charge in [0, 0.05) is 10.0 Å². The number of halogens is 3. The molecule has 138 valence electrons. The standard InChI is InChI=1S/C19H18Cl3NO3/c1-11(2)17(19(25)26-10-12-4-3-5-13(20)8-12)23-18(24)15-7-6-14(21)9-16(15)22/h3-9,11,17H,10H2,1-2H3,(H,23,24)/t17-/m0/s1. The molecular formula is C19H18Cl3NO3. The lowest BCUT2D eigenvalue weighted by Crippen LogP contribution is -2.45. The van der Waals surface area contributed by atoms with E-state index in [9.17, 15) is 9.59 Å². The summed E-state index contributed by atoms with van der Waals surface area (Å²) in [6, 6.07) is 10.8. The van der Waals surface area contributed by atoms with Crippen molar-refractivity contribution in [1.29, 1.82) is 0 Å². The van der Waals surface area contributed by atoms with Gasteiger partial charge in [-0.3, -0.25) is 4.79 Å². The van der Waals surface area contributed by atoms with Crippen molar-refractivity contribution in [3.05, 3.63) is 68.7 Å². The van der Waals surface area contributed by atoms with Gasteiger partial charge in [0.25, 0.3) is 5.91 Å². The second kappa shape index (κ2) is 9.26. The Hall–Kier alpha value is -1.75. The van der Waals surface area contributed by atoms with E-state index in [-0.39, 0.29) is 23.1 Å². The van der Waals surface area contributed by atoms with Crippen LogP contribution in [-0.2, 0) is 16.1 Å². The first-order chi connectivity index (χ1) is 12.3. The number of carbonyl (C=O) groups excluding carboxylic acids is 2. The number of hydrogen-bond acceptors (Lipinski definition) is 3. The Morgan fingerprint density at radius 2 is 1.73 bits per heavy atom. The third-order valence-electron chi connectivity index (χ3n) is 3.65. The molecule has 0 aliphatic heterocycles. The zero-order valence-corrected chi connectivity index (χ0v) is 16.5. The number of carbonyl (C=O) groups is 2. The second-order valence-corrected chi connectivity index (χ2v) is 7.34. The van der Waals surface area contributed by atoms with Crippen LogP contribution in [0.5, 0.6) is 0 Å². The van der Waals surface area contributed by atoms with Gasteiger partial charge in [0.2, 0.25) is 0 Å². The highest BCUT2D eigenvalue weighted by Gasteiger charge is 2.27. The predicted molar refractivity (Wildman–Crippen MR) is 104 cm³/mol. The average Bonchev–Trinajstić information content (AvgIpc) is 2.57. The van der Waals surface area contributed by atoms with Crippen LogP contribution in [0.25, 0.3) is 0 Å². The molecule has 0 fully saturated rings. The zero-order valence-electron chi connectivity index (χ0n) is 14.3. The SMILES string of the molecule is CC(C)[C@H](NC(=O)c1ccc(Cl)cc1Cl)C(=O)OCc1cccc(Cl)c1. The summed E-state index contributed by atoms with van der Waals surface area (Å²) in [6.07, 6.45) is 0. The van der Waals surface area contributed by atoms with Gasteiger partial charge in [-0.2, -0.15) is 0 Å². The Morgan fingerprint density at radius 3 is 2.35 bits per heavy atom. The Morgan fingerprint density at radius 1 is 1.04 bits per heavy atom. The molecule has 0 radical (unpaired) electrons. The van der Waals surface area contributed by atoms with Crippen LogP contribution in [0.4, 0.5) is 0 Å². The third kappa shape index (κ3) is 5.63. The lowest BCUT2D eigenvalue weighted by molar-refractivity contribution is -0.148. The second-order valence-electron chi connectivity index (χ2n) is 6.06. The highest BCUT2D eigenvalue weighted by molar-refractivity contribution is 6.36. The van der Waals surface area contributed by atoms with Crippen molar-refractivity contribution in [2.24, 2.45) is 5.92 Å². The molecule has 1 atom stereocenters. The summed E-state index contributed by atoms with van der Waals surface area (Å²) in [4.78, 5) is 24.9. The molecule has 0 aliphatic carbocycles. The molecule has 2 aromatic rings. The third-order valence-corrected chi connectivity index (χ3v) is 4.44. The Labute approximate surface area is 167 Å². The quantitative estimate of drug-likeness (QED) is 0.665. The van der Waals surface area contributed by atoms with Crippen molar-refractivity contribution in [2.75, 3.05) is 0 Å². The minimum absolute atomic E-state index is 0.0696. The molecule has 0 aromatic heterocycles. The lowest BCUT2D eigenvalue weighted by Gasteiger charge is -2.21. The molecule has 7 heteroatoms. The first-order valence-corrected chi connectivity index (χ1v) is 9.08. The number of rotatable bonds is 6. The molecule has 0 bridgehead atoms. The Kier molecular flexibility index (Phi) is 7.33. The summed E-state index contributed by atoms with van der Waals surface area (Å²) < 4.78 is 5.33. The number of hydrogen-bond donors (Lipinski definition) is 1. The Balaban J connectivity index is 2.05. The minimum atomic E-state index is -0.812. The van der Waals surface area contributed by atoms with Crippen LogP contribution in [-0.4, -0.2) is 17.9 Å². The van der Waals surface area contributed by atoms with E-state index in [1.54, 1.807) is 30.3 Å². The van der Waals surface area contributed by atoms with Gasteiger partial charge in [-0.05, 0) is 41.8 Å². The van der Waals surface area contributed by atoms with Gasteiger partial charge >= 0.3 is 5.97 Å². The molecule has 2 aromatic carbocycles. The molecule has 0 aliphatic rings. The summed E-state index contributed by atoms with van der Waals surface area (Å²) in [6.45, 7) is 3.70. The van der Waals surface area contributed by atoms with E-state index in [1.165, 1.54) is 12.1 Å². The topological polar surface area (TPSA) is 55.4 Å². The number of amides is 1. The summed E-state index contributed by atoms with van der Waals surface area (Å²) in [5.74, 6) is -1.17. The summed E-state index contributed by atoms with van der Waals surface area (Å²) in [7, 11) is 0. The molecule has 0 heterocycles. The van der Waals surface area contributed by atoms with Crippen molar-refractivity contribution in [1.82, 2.24) is 5.32 Å². The molecule has 26 heavy (non-hydrogen) atoms. The molecule has 0 spiro atoms. The van der Waals surface area contributed by atoms with E-state index in [0.29, 0.717) is 10.0 Å². The maximum Gasteiger partial charge on any atom is 0.329 e. The van der Waals surface area contributed by atoms with E-state index < -0.39 is 17.9 Å². The van der Waals surface area contributed by atoms with Gasteiger partial charge < -0.3 is 10.1 Å². The van der Waals surface area contributed by atoms with Crippen LogP contribution in [0.2, 0.25) is 15.1 Å². The number of esters is 1. The van der Waals surface area contributed by atoms with Crippen molar-refractivity contribution in [2.45, 2.75) is 26.5 Å². The minimum Gasteiger partial charge on any atom is -0.459 e. The first kappa shape index (κ1) is 20.6. The molecule has 1 N–H and O–H groups in total. The highest BCUT2D eigenvalue weighted by atomic mass is 35.5. The van der Waals surface area contributed by atoms with Crippen molar-refractivity contribution in [3.8, 4) is 0 Å². The number of ether oxygens (including phenoxy) is 1. The van der Waals surface area contributed by atoms with Gasteiger partial charge in [-0.1, -0.05) is 60.8 Å². The van der Waals surface area contributed by atoms with E-state index in [0.717, 1.165) is 5.56 Å². The fourth-order valence-corrected chi connectivity index (χ4v) is 2.97. The molecule has 1 amide bonds. The van der Waals surface area contributed by atoms with E-state index in [1.807, 2.05) is 13.8 Å². The first-order valence-electron chi connectivity index (χ1n) is 7.95. The predicted octanol–water partition coefficient (Wildman–Crippen LogP) is 5.14. The molecule has 4 nitrogen and oxygen atoms in total. The van der Waals surface area contributed by atoms with E-state index in [4.69, 9.17) is 39.5 Å². The van der Waals surface area contributed by atoms with Crippen LogP contribution >= 0.6 is 34.8 Å². The van der Waals surface area contributed by atoms with Gasteiger partial charge in [0.15, 0.2) is 0 Å².